The molecule has 0 unspecified atom stereocenters. The Morgan fingerprint density at radius 1 is 0.962 bits per heavy atom. The van der Waals surface area contributed by atoms with Crippen LogP contribution in [0.15, 0.2) is 42.5 Å². The van der Waals surface area contributed by atoms with Gasteiger partial charge in [-0.05, 0) is 30.7 Å². The fraction of sp³-hybridized carbons (Fsp3) is 0.263. The molecule has 0 saturated heterocycles. The zero-order valence-corrected chi connectivity index (χ0v) is 15.0. The second-order valence-electron chi connectivity index (χ2n) is 5.45. The molecule has 0 saturated carbocycles. The largest absolute Gasteiger partial charge is 0.493 e. The van der Waals surface area contributed by atoms with Crippen LogP contribution in [0.1, 0.15) is 5.56 Å². The quantitative estimate of drug-likeness (QED) is 0.755. The van der Waals surface area contributed by atoms with Crippen LogP contribution in [-0.2, 0) is 9.59 Å². The van der Waals surface area contributed by atoms with E-state index in [1.807, 2.05) is 25.1 Å². The van der Waals surface area contributed by atoms with E-state index in [2.05, 4.69) is 10.6 Å². The van der Waals surface area contributed by atoms with Crippen LogP contribution in [0.3, 0.4) is 0 Å². The lowest BCUT2D eigenvalue weighted by Crippen LogP contribution is -2.35. The van der Waals surface area contributed by atoms with E-state index in [0.717, 1.165) is 5.56 Å². The van der Waals surface area contributed by atoms with Crippen molar-refractivity contribution in [3.05, 3.63) is 48.0 Å². The van der Waals surface area contributed by atoms with E-state index >= 15 is 0 Å². The maximum atomic E-state index is 12.1. The molecule has 26 heavy (non-hydrogen) atoms. The van der Waals surface area contributed by atoms with Crippen LogP contribution in [0.2, 0.25) is 0 Å². The summed E-state index contributed by atoms with van der Waals surface area (Å²) in [6.07, 6.45) is 0. The molecule has 0 aliphatic heterocycles. The summed E-state index contributed by atoms with van der Waals surface area (Å²) in [5, 5.41) is 5.25. The summed E-state index contributed by atoms with van der Waals surface area (Å²) in [4.78, 5) is 23.8. The number of para-hydroxylation sites is 1. The minimum Gasteiger partial charge on any atom is -0.493 e. The number of amides is 2. The van der Waals surface area contributed by atoms with Gasteiger partial charge in [-0.3, -0.25) is 9.59 Å². The topological polar surface area (TPSA) is 85.9 Å². The molecule has 2 N–H and O–H groups in total. The highest BCUT2D eigenvalue weighted by Crippen LogP contribution is 2.32. The normalized spacial score (nSPS) is 9.96. The lowest BCUT2D eigenvalue weighted by molar-refractivity contribution is -0.125. The number of benzene rings is 2. The van der Waals surface area contributed by atoms with Crippen LogP contribution in [0, 0.1) is 6.92 Å². The highest BCUT2D eigenvalue weighted by molar-refractivity contribution is 5.95. The summed E-state index contributed by atoms with van der Waals surface area (Å²) in [7, 11) is 3.06. The van der Waals surface area contributed by atoms with E-state index < -0.39 is 0 Å². The van der Waals surface area contributed by atoms with Gasteiger partial charge < -0.3 is 24.8 Å². The molecular formula is C19H22N2O5. The molecule has 0 spiro atoms. The number of carbonyl (C=O) groups is 2. The molecule has 7 nitrogen and oxygen atoms in total. The number of methoxy groups -OCH3 is 2. The van der Waals surface area contributed by atoms with E-state index in [-0.39, 0.29) is 25.0 Å². The fourth-order valence-corrected chi connectivity index (χ4v) is 2.21. The Balaban J connectivity index is 1.84. The summed E-state index contributed by atoms with van der Waals surface area (Å²) < 4.78 is 15.8. The van der Waals surface area contributed by atoms with Gasteiger partial charge in [0.25, 0.3) is 5.91 Å². The summed E-state index contributed by atoms with van der Waals surface area (Å²) >= 11 is 0. The average molecular weight is 358 g/mol. The van der Waals surface area contributed by atoms with E-state index in [1.165, 1.54) is 7.11 Å². The van der Waals surface area contributed by atoms with Crippen LogP contribution in [0.25, 0.3) is 0 Å². The Hall–Kier alpha value is -3.22. The van der Waals surface area contributed by atoms with Crippen molar-refractivity contribution in [2.45, 2.75) is 6.92 Å². The van der Waals surface area contributed by atoms with Gasteiger partial charge in [0.15, 0.2) is 18.1 Å². The van der Waals surface area contributed by atoms with Gasteiger partial charge in [0.05, 0.1) is 20.8 Å². The van der Waals surface area contributed by atoms with Crippen molar-refractivity contribution in [1.82, 2.24) is 5.32 Å². The minimum absolute atomic E-state index is 0.160. The molecule has 2 amide bonds. The van der Waals surface area contributed by atoms with Gasteiger partial charge in [0.2, 0.25) is 5.91 Å². The molecular weight excluding hydrogens is 336 g/mol. The number of nitrogens with one attached hydrogen (secondary N) is 2. The minimum atomic E-state index is -0.381. The van der Waals surface area contributed by atoms with Crippen molar-refractivity contribution in [2.75, 3.05) is 32.7 Å². The first-order valence-corrected chi connectivity index (χ1v) is 8.00. The maximum absolute atomic E-state index is 12.1. The standard InChI is InChI=1S/C19H22N2O5/c1-13-9-16(24-2)17(25-3)10-15(13)21-18(22)11-20-19(23)12-26-14-7-5-4-6-8-14/h4-10H,11-12H2,1-3H3,(H,20,23)(H,21,22). The van der Waals surface area contributed by atoms with E-state index in [9.17, 15) is 9.59 Å². The average Bonchev–Trinajstić information content (AvgIpc) is 2.66. The molecule has 0 radical (unpaired) electrons. The molecule has 0 aliphatic carbocycles. The molecule has 2 aromatic rings. The Morgan fingerprint density at radius 3 is 2.27 bits per heavy atom. The predicted molar refractivity (Wildman–Crippen MR) is 97.9 cm³/mol. The molecule has 0 bridgehead atoms. The monoisotopic (exact) mass is 358 g/mol. The fourth-order valence-electron chi connectivity index (χ4n) is 2.21. The van der Waals surface area contributed by atoms with E-state index in [0.29, 0.717) is 22.9 Å². The Bertz CT molecular complexity index is 762. The second-order valence-corrected chi connectivity index (χ2v) is 5.45. The number of anilines is 1. The van der Waals surface area contributed by atoms with E-state index in [1.54, 1.807) is 31.4 Å². The molecule has 0 heterocycles. The van der Waals surface area contributed by atoms with Gasteiger partial charge in [-0.15, -0.1) is 0 Å². The van der Waals surface area contributed by atoms with Crippen molar-refractivity contribution in [3.63, 3.8) is 0 Å². The number of carbonyl (C=O) groups excluding carboxylic acids is 2. The van der Waals surface area contributed by atoms with Gasteiger partial charge in [-0.1, -0.05) is 18.2 Å². The summed E-state index contributed by atoms with van der Waals surface area (Å²) in [6.45, 7) is 1.52. The molecule has 2 aromatic carbocycles. The molecule has 138 valence electrons. The smallest absolute Gasteiger partial charge is 0.258 e. The summed E-state index contributed by atoms with van der Waals surface area (Å²) in [5.41, 5.74) is 1.40. The lowest BCUT2D eigenvalue weighted by Gasteiger charge is -2.14. The van der Waals surface area contributed by atoms with Crippen LogP contribution < -0.4 is 24.8 Å². The highest BCUT2D eigenvalue weighted by atomic mass is 16.5. The number of rotatable bonds is 8. The van der Waals surface area contributed by atoms with Crippen molar-refractivity contribution < 1.29 is 23.8 Å². The van der Waals surface area contributed by atoms with Crippen molar-refractivity contribution in [2.24, 2.45) is 0 Å². The SMILES string of the molecule is COc1cc(C)c(NC(=O)CNC(=O)COc2ccccc2)cc1OC. The van der Waals surface area contributed by atoms with Crippen molar-refractivity contribution in [3.8, 4) is 17.2 Å². The van der Waals surface area contributed by atoms with Gasteiger partial charge in [-0.25, -0.2) is 0 Å². The highest BCUT2D eigenvalue weighted by Gasteiger charge is 2.12. The predicted octanol–water partition coefficient (Wildman–Crippen LogP) is 2.15. The first-order chi connectivity index (χ1) is 12.5. The Kier molecular flexibility index (Phi) is 6.84. The second kappa shape index (κ2) is 9.31. The third-order valence-corrected chi connectivity index (χ3v) is 3.56. The van der Waals surface area contributed by atoms with Crippen LogP contribution in [-0.4, -0.2) is 39.2 Å². The molecule has 0 fully saturated rings. The number of hydrogen-bond acceptors (Lipinski definition) is 5. The van der Waals surface area contributed by atoms with E-state index in [4.69, 9.17) is 14.2 Å². The van der Waals surface area contributed by atoms with Crippen LogP contribution >= 0.6 is 0 Å². The zero-order valence-electron chi connectivity index (χ0n) is 15.0. The number of ether oxygens (including phenoxy) is 3. The number of hydrogen-bond donors (Lipinski definition) is 2. The summed E-state index contributed by atoms with van der Waals surface area (Å²) in [5.74, 6) is 0.942. The van der Waals surface area contributed by atoms with Gasteiger partial charge in [0.1, 0.15) is 5.75 Å². The number of aryl methyl sites for hydroxylation is 1. The molecule has 7 heteroatoms. The van der Waals surface area contributed by atoms with Gasteiger partial charge >= 0.3 is 0 Å². The van der Waals surface area contributed by atoms with Crippen LogP contribution in [0.4, 0.5) is 5.69 Å². The van der Waals surface area contributed by atoms with Crippen LogP contribution in [0.5, 0.6) is 17.2 Å². The zero-order chi connectivity index (χ0) is 18.9. The first kappa shape index (κ1) is 19.1. The third-order valence-electron chi connectivity index (χ3n) is 3.56. The third kappa shape index (κ3) is 5.41. The Labute approximate surface area is 152 Å². The molecule has 2 rings (SSSR count). The lowest BCUT2D eigenvalue weighted by atomic mass is 10.1. The molecule has 0 aromatic heterocycles. The van der Waals surface area contributed by atoms with Gasteiger partial charge in [-0.2, -0.15) is 0 Å². The summed E-state index contributed by atoms with van der Waals surface area (Å²) in [6, 6.07) is 12.4. The Morgan fingerprint density at radius 2 is 1.62 bits per heavy atom. The van der Waals surface area contributed by atoms with Crippen molar-refractivity contribution in [1.29, 1.82) is 0 Å². The van der Waals surface area contributed by atoms with Crippen molar-refractivity contribution >= 4 is 17.5 Å². The maximum Gasteiger partial charge on any atom is 0.258 e. The first-order valence-electron chi connectivity index (χ1n) is 8.00. The van der Waals surface area contributed by atoms with Gasteiger partial charge in [0, 0.05) is 11.8 Å². The molecule has 0 atom stereocenters. The molecule has 0 aliphatic rings.